The zero-order chi connectivity index (χ0) is 48.6. The number of hydrogen-bond acceptors (Lipinski definition) is 26. The largest absolute Gasteiger partial charge is 0.504 e. The van der Waals surface area contributed by atoms with Crippen molar-refractivity contribution < 1.29 is 119 Å². The fraction of sp³-hybridized carbons (Fsp3) is 0.146. The maximum atomic E-state index is 14.4. The van der Waals surface area contributed by atoms with Gasteiger partial charge in [0.15, 0.2) is 75.7 Å². The van der Waals surface area contributed by atoms with E-state index in [9.17, 15) is 101 Å². The first-order valence-electron chi connectivity index (χ1n) is 18.7. The van der Waals surface area contributed by atoms with Crippen LogP contribution in [-0.2, 0) is 18.9 Å². The van der Waals surface area contributed by atoms with E-state index in [-0.39, 0.29) is 0 Å². The Morgan fingerprint density at radius 1 is 0.537 bits per heavy atom. The molecule has 0 amide bonds. The summed E-state index contributed by atoms with van der Waals surface area (Å²) in [7, 11) is 0. The summed E-state index contributed by atoms with van der Waals surface area (Å²) in [6.45, 7) is -1.30. The fourth-order valence-corrected chi connectivity index (χ4v) is 8.04. The first-order chi connectivity index (χ1) is 31.6. The standard InChI is InChI=1S/C41H26O26/c42-9-2-1-6(21(45)22(9)46)37(57)67-35-31(55)32-12(63-41(35)61)5-62-36(56)7-3-10(43)23(47)25(49)13(7)15-19-17-18-20(40(60)66-33(17)29(53)27(15)51)16(28(52)30(54)34(18)65-39(19)59)14-8(38(58)64-32)4-11(44)24(48)26(14)50/h1-4,12,31-32,35,41-55,61H,5H2. The molecule has 1 saturated heterocycles. The normalized spacial score (nSPS) is 19.6. The van der Waals surface area contributed by atoms with Crippen molar-refractivity contribution in [1.29, 1.82) is 0 Å². The van der Waals surface area contributed by atoms with Gasteiger partial charge in [-0.25, -0.2) is 24.0 Å². The van der Waals surface area contributed by atoms with E-state index in [2.05, 4.69) is 0 Å². The van der Waals surface area contributed by atoms with Crippen LogP contribution in [0.4, 0.5) is 0 Å². The molecule has 0 saturated carbocycles. The van der Waals surface area contributed by atoms with Crippen LogP contribution in [0.1, 0.15) is 31.1 Å². The molecule has 0 spiro atoms. The Hall–Kier alpha value is -9.27. The number of aliphatic hydroxyl groups excluding tert-OH is 2. The second kappa shape index (κ2) is 14.6. The van der Waals surface area contributed by atoms with Gasteiger partial charge in [0.1, 0.15) is 24.4 Å². The summed E-state index contributed by atoms with van der Waals surface area (Å²) in [5.41, 5.74) is -13.5. The molecular weight excluding hydrogens is 908 g/mol. The van der Waals surface area contributed by atoms with Crippen molar-refractivity contribution in [1.82, 2.24) is 0 Å². The summed E-state index contributed by atoms with van der Waals surface area (Å²) in [5, 5.41) is 160. The molecule has 0 aliphatic carbocycles. The molecule has 15 N–H and O–H groups in total. The van der Waals surface area contributed by atoms with E-state index in [1.54, 1.807) is 0 Å². The van der Waals surface area contributed by atoms with E-state index < -0.39 is 213 Å². The number of phenolic OH excluding ortho intramolecular Hbond substituents is 13. The maximum absolute atomic E-state index is 14.4. The monoisotopic (exact) mass is 934 g/mol. The highest BCUT2D eigenvalue weighted by Crippen LogP contribution is 2.58. The van der Waals surface area contributed by atoms with Crippen LogP contribution >= 0.6 is 0 Å². The molecule has 2 aliphatic heterocycles. The molecule has 7 aromatic rings. The molecule has 4 heterocycles. The van der Waals surface area contributed by atoms with E-state index in [1.165, 1.54) is 0 Å². The van der Waals surface area contributed by atoms with Gasteiger partial charge in [-0.15, -0.1) is 0 Å². The first kappa shape index (κ1) is 43.0. The first-order valence-corrected chi connectivity index (χ1v) is 18.7. The molecule has 0 radical (unpaired) electrons. The molecule has 9 rings (SSSR count). The highest BCUT2D eigenvalue weighted by Gasteiger charge is 2.50. The van der Waals surface area contributed by atoms with Crippen molar-refractivity contribution in [2.24, 2.45) is 0 Å². The molecule has 346 valence electrons. The number of cyclic esters (lactones) is 1. The van der Waals surface area contributed by atoms with Crippen molar-refractivity contribution in [3.63, 3.8) is 0 Å². The second-order valence-corrected chi connectivity index (χ2v) is 14.8. The number of fused-ring (bicyclic) bond motifs is 5. The number of hydrogen-bond donors (Lipinski definition) is 15. The highest BCUT2D eigenvalue weighted by atomic mass is 16.7. The number of aromatic hydroxyl groups is 13. The molecule has 5 atom stereocenters. The summed E-state index contributed by atoms with van der Waals surface area (Å²) in [6, 6.07) is 2.24. The second-order valence-electron chi connectivity index (χ2n) is 14.8. The quantitative estimate of drug-likeness (QED) is 0.0378. The third kappa shape index (κ3) is 5.97. The summed E-state index contributed by atoms with van der Waals surface area (Å²) >= 11 is 0. The van der Waals surface area contributed by atoms with Gasteiger partial charge in [-0.3, -0.25) is 0 Å². The van der Waals surface area contributed by atoms with Crippen molar-refractivity contribution >= 4 is 50.6 Å². The van der Waals surface area contributed by atoms with Gasteiger partial charge in [0.2, 0.25) is 28.7 Å². The average molecular weight is 935 g/mol. The van der Waals surface area contributed by atoms with Crippen molar-refractivity contribution in [2.45, 2.75) is 30.7 Å². The van der Waals surface area contributed by atoms with Gasteiger partial charge in [-0.05, 0) is 24.3 Å². The topological polar surface area (TPSA) is 452 Å². The minimum absolute atomic E-state index is 0.356. The molecular formula is C41H26O26. The zero-order valence-corrected chi connectivity index (χ0v) is 32.6. The van der Waals surface area contributed by atoms with Crippen molar-refractivity contribution in [3.05, 3.63) is 61.8 Å². The molecule has 26 heteroatoms. The van der Waals surface area contributed by atoms with E-state index in [0.29, 0.717) is 12.1 Å². The molecule has 2 aliphatic rings. The lowest BCUT2D eigenvalue weighted by Crippen LogP contribution is -2.61. The Bertz CT molecular complexity index is 3490. The Kier molecular flexibility index (Phi) is 9.39. The van der Waals surface area contributed by atoms with Crippen LogP contribution in [0.5, 0.6) is 74.7 Å². The lowest BCUT2D eigenvalue weighted by molar-refractivity contribution is -0.284. The third-order valence-corrected chi connectivity index (χ3v) is 11.2. The fourth-order valence-electron chi connectivity index (χ4n) is 8.04. The van der Waals surface area contributed by atoms with Crippen LogP contribution < -0.4 is 11.3 Å². The van der Waals surface area contributed by atoms with Gasteiger partial charge in [-0.2, -0.15) is 0 Å². The summed E-state index contributed by atoms with van der Waals surface area (Å²) in [6.07, 6.45) is -12.0. The summed E-state index contributed by atoms with van der Waals surface area (Å²) in [4.78, 5) is 69.7. The molecule has 67 heavy (non-hydrogen) atoms. The molecule has 2 aromatic heterocycles. The van der Waals surface area contributed by atoms with Crippen molar-refractivity contribution in [3.8, 4) is 97.0 Å². The van der Waals surface area contributed by atoms with Gasteiger partial charge in [0.25, 0.3) is 0 Å². The Morgan fingerprint density at radius 2 is 1.00 bits per heavy atom. The Morgan fingerprint density at radius 3 is 1.51 bits per heavy atom. The van der Waals surface area contributed by atoms with Crippen LogP contribution in [-0.4, -0.2) is 132 Å². The SMILES string of the molecule is O=C(OC1C(O)OC2COC(=O)c3cc(O)c(O)c(O)c3-c3c(O)c(O)c4oc(=O)c5c(c(O)c(O)c6oc(=O)c3c4c65)-c3c(cc(O)c(O)c3O)C(=O)OC2C1O)c1ccc(O)c(O)c1O. The van der Waals surface area contributed by atoms with Gasteiger partial charge < -0.3 is 104 Å². The lowest BCUT2D eigenvalue weighted by Gasteiger charge is -2.41. The van der Waals surface area contributed by atoms with E-state index in [1.807, 2.05) is 0 Å². The molecule has 5 unspecified atom stereocenters. The van der Waals surface area contributed by atoms with Crippen LogP contribution in [0, 0.1) is 0 Å². The third-order valence-electron chi connectivity index (χ3n) is 11.2. The summed E-state index contributed by atoms with van der Waals surface area (Å²) in [5.74, 6) is -23.1. The molecule has 1 fully saturated rings. The number of carbonyl (C=O) groups is 3. The van der Waals surface area contributed by atoms with E-state index in [0.717, 1.165) is 12.1 Å². The number of carbonyl (C=O) groups excluding carboxylic acids is 3. The minimum atomic E-state index is -2.55. The van der Waals surface area contributed by atoms with Crippen LogP contribution in [0.2, 0.25) is 0 Å². The lowest BCUT2D eigenvalue weighted by atomic mass is 9.88. The predicted octanol–water partition coefficient (Wildman–Crippen LogP) is 0.997. The van der Waals surface area contributed by atoms with E-state index in [4.69, 9.17) is 27.8 Å². The molecule has 26 nitrogen and oxygen atoms in total. The maximum Gasteiger partial charge on any atom is 0.345 e. The number of benzene rings is 5. The van der Waals surface area contributed by atoms with Crippen LogP contribution in [0.25, 0.3) is 55.0 Å². The number of aliphatic hydroxyl groups is 2. The summed E-state index contributed by atoms with van der Waals surface area (Å²) < 4.78 is 31.9. The van der Waals surface area contributed by atoms with Crippen LogP contribution in [0.15, 0.2) is 42.7 Å². The molecule has 5 aromatic carbocycles. The van der Waals surface area contributed by atoms with Crippen molar-refractivity contribution in [2.75, 3.05) is 6.61 Å². The van der Waals surface area contributed by atoms with Gasteiger partial charge in [-0.1, -0.05) is 0 Å². The molecule has 6 bridgehead atoms. The predicted molar refractivity (Wildman–Crippen MR) is 212 cm³/mol. The Balaban J connectivity index is 1.35. The number of esters is 3. The van der Waals surface area contributed by atoms with E-state index >= 15 is 0 Å². The van der Waals surface area contributed by atoms with Gasteiger partial charge in [0, 0.05) is 33.0 Å². The smallest absolute Gasteiger partial charge is 0.345 e. The van der Waals surface area contributed by atoms with Gasteiger partial charge >= 0.3 is 29.2 Å². The highest BCUT2D eigenvalue weighted by molar-refractivity contribution is 6.29. The van der Waals surface area contributed by atoms with Crippen LogP contribution in [0.3, 0.4) is 0 Å². The number of ether oxygens (including phenoxy) is 4. The number of phenols is 13. The number of rotatable bonds is 2. The minimum Gasteiger partial charge on any atom is -0.504 e. The average Bonchev–Trinajstić information content (AvgIpc) is 3.28. The van der Waals surface area contributed by atoms with Gasteiger partial charge in [0.05, 0.1) is 21.9 Å². The zero-order valence-electron chi connectivity index (χ0n) is 32.6. The Labute approximate surface area is 365 Å².